The van der Waals surface area contributed by atoms with Crippen LogP contribution in [0.4, 0.5) is 10.1 Å². The molecule has 144 valence electrons. The number of nitrogens with one attached hydrogen (secondary N) is 1. The van der Waals surface area contributed by atoms with Crippen LogP contribution in [0.2, 0.25) is 5.15 Å². The lowest BCUT2D eigenvalue weighted by molar-refractivity contribution is 0.305. The minimum absolute atomic E-state index is 0. The highest BCUT2D eigenvalue weighted by Gasteiger charge is 2.19. The fourth-order valence-electron chi connectivity index (χ4n) is 2.49. The Labute approximate surface area is 178 Å². The molecule has 3 heterocycles. The summed E-state index contributed by atoms with van der Waals surface area (Å²) in [6, 6.07) is 5.46. The van der Waals surface area contributed by atoms with E-state index in [1.54, 1.807) is 22.7 Å². The van der Waals surface area contributed by atoms with E-state index in [1.165, 1.54) is 11.8 Å². The predicted octanol–water partition coefficient (Wildman–Crippen LogP) is 6.00. The maximum absolute atomic E-state index is 13.4. The lowest BCUT2D eigenvalue weighted by Gasteiger charge is -2.11. The van der Waals surface area contributed by atoms with Gasteiger partial charge in [0.25, 0.3) is 0 Å². The molecule has 9 heteroatoms. The Bertz CT molecular complexity index is 838. The Morgan fingerprint density at radius 3 is 2.73 bits per heavy atom. The third-order valence-electron chi connectivity index (χ3n) is 3.98. The van der Waals surface area contributed by atoms with Crippen molar-refractivity contribution in [2.24, 2.45) is 5.73 Å². The Morgan fingerprint density at radius 1 is 1.38 bits per heavy atom. The number of anilines is 1. The van der Waals surface area contributed by atoms with E-state index in [0.717, 1.165) is 32.9 Å². The van der Waals surface area contributed by atoms with Crippen LogP contribution in [-0.4, -0.2) is 17.2 Å². The number of pyridine rings is 1. The van der Waals surface area contributed by atoms with Crippen molar-refractivity contribution in [1.29, 1.82) is 0 Å². The van der Waals surface area contributed by atoms with Gasteiger partial charge in [0.2, 0.25) is 0 Å². The molecular formula is C17H21Cl3FN3S2. The van der Waals surface area contributed by atoms with Crippen LogP contribution in [0.1, 0.15) is 22.2 Å². The van der Waals surface area contributed by atoms with Crippen LogP contribution in [-0.2, 0) is 13.0 Å². The van der Waals surface area contributed by atoms with Gasteiger partial charge in [-0.1, -0.05) is 17.7 Å². The van der Waals surface area contributed by atoms with E-state index in [4.69, 9.17) is 17.3 Å². The molecule has 0 saturated heterocycles. The second kappa shape index (κ2) is 10.1. The lowest BCUT2D eigenvalue weighted by Crippen LogP contribution is -2.31. The number of rotatable bonds is 6. The van der Waals surface area contributed by atoms with Crippen molar-refractivity contribution in [3.05, 3.63) is 44.1 Å². The number of nitrogens with two attached hydrogens (primary N) is 1. The molecule has 0 aliphatic heterocycles. The standard InChI is InChI=1S/C17H19ClFN3S2.2ClH/c1-9-14(6-12(20)10(2)19)24-17-13(7-15(18)22-16(9)17)21-8-11-4-3-5-23-11;;/h3-5,7,10,12H,6,8,20H2,1-2H3,(H,21,22);2*1H/t10-,12+;;/m0../s1. The van der Waals surface area contributed by atoms with E-state index < -0.39 is 12.2 Å². The zero-order chi connectivity index (χ0) is 17.3. The maximum atomic E-state index is 13.4. The average molecular weight is 457 g/mol. The van der Waals surface area contributed by atoms with Crippen molar-refractivity contribution in [3.63, 3.8) is 0 Å². The molecule has 2 atom stereocenters. The van der Waals surface area contributed by atoms with E-state index in [0.29, 0.717) is 11.6 Å². The van der Waals surface area contributed by atoms with Crippen LogP contribution in [0.15, 0.2) is 23.6 Å². The van der Waals surface area contributed by atoms with Gasteiger partial charge in [0.05, 0.1) is 15.9 Å². The number of halogens is 4. The first kappa shape index (κ1) is 23.4. The molecule has 0 aliphatic carbocycles. The summed E-state index contributed by atoms with van der Waals surface area (Å²) in [4.78, 5) is 6.77. The summed E-state index contributed by atoms with van der Waals surface area (Å²) in [5.41, 5.74) is 8.76. The van der Waals surface area contributed by atoms with Crippen molar-refractivity contribution >= 4 is 75.0 Å². The topological polar surface area (TPSA) is 50.9 Å². The Hall–Kier alpha value is -0.630. The number of nitrogens with zero attached hydrogens (tertiary/aromatic N) is 1. The van der Waals surface area contributed by atoms with E-state index in [-0.39, 0.29) is 24.8 Å². The van der Waals surface area contributed by atoms with E-state index in [2.05, 4.69) is 21.7 Å². The van der Waals surface area contributed by atoms with Crippen molar-refractivity contribution in [1.82, 2.24) is 4.98 Å². The first-order chi connectivity index (χ1) is 11.5. The molecule has 3 aromatic rings. The SMILES string of the molecule is Cc1c(C[C@@H](N)[C@H](C)F)sc2c(NCc3cccs3)cc(Cl)nc12.Cl.Cl. The van der Waals surface area contributed by atoms with Crippen LogP contribution in [0, 0.1) is 6.92 Å². The lowest BCUT2D eigenvalue weighted by atomic mass is 10.1. The van der Waals surface area contributed by atoms with Gasteiger partial charge in [-0.15, -0.1) is 47.5 Å². The predicted molar refractivity (Wildman–Crippen MR) is 118 cm³/mol. The minimum Gasteiger partial charge on any atom is -0.379 e. The maximum Gasteiger partial charge on any atom is 0.131 e. The highest BCUT2D eigenvalue weighted by Crippen LogP contribution is 2.37. The van der Waals surface area contributed by atoms with Crippen LogP contribution >= 0.6 is 59.1 Å². The van der Waals surface area contributed by atoms with Crippen molar-refractivity contribution in [2.75, 3.05) is 5.32 Å². The van der Waals surface area contributed by atoms with Crippen molar-refractivity contribution in [2.45, 2.75) is 39.0 Å². The van der Waals surface area contributed by atoms with Crippen LogP contribution in [0.25, 0.3) is 10.2 Å². The molecular weight excluding hydrogens is 436 g/mol. The third kappa shape index (κ3) is 5.21. The largest absolute Gasteiger partial charge is 0.379 e. The van der Waals surface area contributed by atoms with Gasteiger partial charge in [0.15, 0.2) is 0 Å². The second-order valence-electron chi connectivity index (χ2n) is 5.80. The summed E-state index contributed by atoms with van der Waals surface area (Å²) >= 11 is 9.51. The molecule has 0 unspecified atom stereocenters. The van der Waals surface area contributed by atoms with Gasteiger partial charge >= 0.3 is 0 Å². The van der Waals surface area contributed by atoms with Crippen molar-refractivity contribution in [3.8, 4) is 0 Å². The van der Waals surface area contributed by atoms with Gasteiger partial charge in [-0.25, -0.2) is 9.37 Å². The first-order valence-electron chi connectivity index (χ1n) is 7.70. The Morgan fingerprint density at radius 2 is 2.12 bits per heavy atom. The molecule has 0 fully saturated rings. The molecule has 0 aromatic carbocycles. The Balaban J connectivity index is 0.00000169. The zero-order valence-electron chi connectivity index (χ0n) is 14.3. The number of aryl methyl sites for hydroxylation is 1. The number of hydrogen-bond donors (Lipinski definition) is 2. The number of aromatic nitrogens is 1. The molecule has 0 bridgehead atoms. The molecule has 26 heavy (non-hydrogen) atoms. The summed E-state index contributed by atoms with van der Waals surface area (Å²) < 4.78 is 14.5. The number of fused-ring (bicyclic) bond motifs is 1. The molecule has 0 saturated carbocycles. The molecule has 0 aliphatic rings. The summed E-state index contributed by atoms with van der Waals surface area (Å²) in [5.74, 6) is 0. The van der Waals surface area contributed by atoms with Gasteiger partial charge in [-0.05, 0) is 30.9 Å². The highest BCUT2D eigenvalue weighted by molar-refractivity contribution is 7.19. The molecule has 0 radical (unpaired) electrons. The summed E-state index contributed by atoms with van der Waals surface area (Å²) in [6.45, 7) is 4.23. The van der Waals surface area contributed by atoms with Gasteiger partial charge in [-0.2, -0.15) is 0 Å². The number of hydrogen-bond acceptors (Lipinski definition) is 5. The monoisotopic (exact) mass is 455 g/mol. The smallest absolute Gasteiger partial charge is 0.131 e. The quantitative estimate of drug-likeness (QED) is 0.447. The summed E-state index contributed by atoms with van der Waals surface area (Å²) in [6.07, 6.45) is -0.533. The average Bonchev–Trinajstić information content (AvgIpc) is 3.15. The van der Waals surface area contributed by atoms with Crippen LogP contribution in [0.3, 0.4) is 0 Å². The van der Waals surface area contributed by atoms with E-state index in [1.807, 2.05) is 19.1 Å². The van der Waals surface area contributed by atoms with Gasteiger partial charge in [0.1, 0.15) is 11.3 Å². The first-order valence-corrected chi connectivity index (χ1v) is 9.77. The number of alkyl halides is 1. The van der Waals surface area contributed by atoms with Crippen LogP contribution < -0.4 is 11.1 Å². The summed E-state index contributed by atoms with van der Waals surface area (Å²) in [7, 11) is 0. The Kier molecular flexibility index (Phi) is 9.06. The number of thiophene rings is 2. The molecule has 3 rings (SSSR count). The fraction of sp³-hybridized carbons (Fsp3) is 0.353. The molecule has 0 amide bonds. The summed E-state index contributed by atoms with van der Waals surface area (Å²) in [5, 5.41) is 5.94. The van der Waals surface area contributed by atoms with E-state index >= 15 is 0 Å². The van der Waals surface area contributed by atoms with Crippen molar-refractivity contribution < 1.29 is 4.39 Å². The third-order valence-corrected chi connectivity index (χ3v) is 6.39. The van der Waals surface area contributed by atoms with Gasteiger partial charge in [-0.3, -0.25) is 0 Å². The molecule has 0 spiro atoms. The van der Waals surface area contributed by atoms with Gasteiger partial charge in [0, 0.05) is 34.8 Å². The molecule has 3 nitrogen and oxygen atoms in total. The molecule has 3 N–H and O–H groups in total. The fourth-order valence-corrected chi connectivity index (χ4v) is 4.64. The van der Waals surface area contributed by atoms with Gasteiger partial charge < -0.3 is 11.1 Å². The normalized spacial score (nSPS) is 13.0. The molecule has 3 aromatic heterocycles. The van der Waals surface area contributed by atoms with Crippen LogP contribution in [0.5, 0.6) is 0 Å². The second-order valence-corrected chi connectivity index (χ2v) is 8.32. The zero-order valence-corrected chi connectivity index (χ0v) is 18.3. The highest BCUT2D eigenvalue weighted by atomic mass is 35.5. The minimum atomic E-state index is -1.04. The van der Waals surface area contributed by atoms with E-state index in [9.17, 15) is 4.39 Å².